The molecule has 2 heteroatoms. The summed E-state index contributed by atoms with van der Waals surface area (Å²) in [6.07, 6.45) is 0. The quantitative estimate of drug-likeness (QED) is 0.239. The van der Waals surface area contributed by atoms with Gasteiger partial charge in [0.1, 0.15) is 5.82 Å². The number of hydrogen-bond donors (Lipinski definition) is 0. The van der Waals surface area contributed by atoms with Gasteiger partial charge in [-0.2, -0.15) is 0 Å². The van der Waals surface area contributed by atoms with Crippen molar-refractivity contribution >= 4 is 43.9 Å². The predicted octanol–water partition coefficient (Wildman–Crippen LogP) is 9.27. The number of rotatable bonds is 2. The SMILES string of the molecule is Fc1ccc(-c2c3ccccc3c(-c3ccc4ccccc4c3)c3ccccc23)cc1Cl. The molecule has 6 aromatic carbocycles. The zero-order valence-corrected chi connectivity index (χ0v) is 17.9. The third-order valence-corrected chi connectivity index (χ3v) is 6.47. The molecule has 0 spiro atoms. The summed E-state index contributed by atoms with van der Waals surface area (Å²) in [4.78, 5) is 0. The molecule has 0 aliphatic heterocycles. The van der Waals surface area contributed by atoms with Crippen LogP contribution in [-0.4, -0.2) is 0 Å². The van der Waals surface area contributed by atoms with E-state index in [0.29, 0.717) is 0 Å². The highest BCUT2D eigenvalue weighted by atomic mass is 35.5. The minimum absolute atomic E-state index is 0.134. The first-order valence-corrected chi connectivity index (χ1v) is 11.0. The second kappa shape index (κ2) is 7.47. The topological polar surface area (TPSA) is 0 Å². The van der Waals surface area contributed by atoms with Gasteiger partial charge >= 0.3 is 0 Å². The van der Waals surface area contributed by atoms with Crippen molar-refractivity contribution in [2.24, 2.45) is 0 Å². The lowest BCUT2D eigenvalue weighted by molar-refractivity contribution is 0.628. The Morgan fingerprint density at radius 2 is 0.938 bits per heavy atom. The second-order valence-corrected chi connectivity index (χ2v) is 8.44. The van der Waals surface area contributed by atoms with Gasteiger partial charge in [0.25, 0.3) is 0 Å². The van der Waals surface area contributed by atoms with E-state index in [-0.39, 0.29) is 5.02 Å². The molecule has 0 saturated heterocycles. The maximum absolute atomic E-state index is 13.9. The summed E-state index contributed by atoms with van der Waals surface area (Å²) < 4.78 is 13.9. The van der Waals surface area contributed by atoms with Crippen LogP contribution in [0.5, 0.6) is 0 Å². The third kappa shape index (κ3) is 2.97. The van der Waals surface area contributed by atoms with Gasteiger partial charge in [0.15, 0.2) is 0 Å². The first-order valence-electron chi connectivity index (χ1n) is 10.6. The van der Waals surface area contributed by atoms with Crippen molar-refractivity contribution in [2.75, 3.05) is 0 Å². The Morgan fingerprint density at radius 1 is 0.469 bits per heavy atom. The van der Waals surface area contributed by atoms with Gasteiger partial charge in [-0.1, -0.05) is 103 Å². The molecule has 0 fully saturated rings. The van der Waals surface area contributed by atoms with E-state index in [1.54, 1.807) is 6.07 Å². The third-order valence-electron chi connectivity index (χ3n) is 6.18. The van der Waals surface area contributed by atoms with Crippen molar-refractivity contribution in [1.82, 2.24) is 0 Å². The normalized spacial score (nSPS) is 11.4. The summed E-state index contributed by atoms with van der Waals surface area (Å²) in [5, 5.41) is 7.15. The fraction of sp³-hybridized carbons (Fsp3) is 0. The summed E-state index contributed by atoms with van der Waals surface area (Å²) >= 11 is 6.17. The number of benzene rings is 6. The van der Waals surface area contributed by atoms with Gasteiger partial charge in [-0.05, 0) is 72.8 Å². The molecule has 6 rings (SSSR count). The Labute approximate surface area is 190 Å². The van der Waals surface area contributed by atoms with Gasteiger partial charge in [0.05, 0.1) is 5.02 Å². The minimum atomic E-state index is -0.406. The Kier molecular flexibility index (Phi) is 4.45. The Bertz CT molecular complexity index is 1590. The standard InChI is InChI=1S/C30H18ClF/c31-27-18-22(15-16-28(27)32)30-25-11-5-3-9-23(25)29(24-10-4-6-12-26(24)30)21-14-13-19-7-1-2-8-20(19)17-21/h1-18H. The lowest BCUT2D eigenvalue weighted by Crippen LogP contribution is -1.91. The molecular weight excluding hydrogens is 415 g/mol. The average molecular weight is 433 g/mol. The van der Waals surface area contributed by atoms with Gasteiger partial charge in [0, 0.05) is 0 Å². The predicted molar refractivity (Wildman–Crippen MR) is 135 cm³/mol. The molecule has 0 atom stereocenters. The van der Waals surface area contributed by atoms with Crippen molar-refractivity contribution < 1.29 is 4.39 Å². The molecule has 0 N–H and O–H groups in total. The first kappa shape index (κ1) is 19.0. The van der Waals surface area contributed by atoms with Gasteiger partial charge in [-0.3, -0.25) is 0 Å². The zero-order valence-electron chi connectivity index (χ0n) is 17.1. The van der Waals surface area contributed by atoms with E-state index >= 15 is 0 Å². The Hall–Kier alpha value is -3.68. The van der Waals surface area contributed by atoms with Crippen LogP contribution in [0, 0.1) is 5.82 Å². The van der Waals surface area contributed by atoms with Gasteiger partial charge < -0.3 is 0 Å². The maximum Gasteiger partial charge on any atom is 0.141 e. The fourth-order valence-corrected chi connectivity index (χ4v) is 4.93. The van der Waals surface area contributed by atoms with Crippen LogP contribution in [0.25, 0.3) is 54.6 Å². The largest absolute Gasteiger partial charge is 0.205 e. The zero-order chi connectivity index (χ0) is 21.7. The van der Waals surface area contributed by atoms with Crippen LogP contribution >= 0.6 is 11.6 Å². The Balaban J connectivity index is 1.76. The van der Waals surface area contributed by atoms with E-state index in [2.05, 4.69) is 91.0 Å². The molecule has 0 amide bonds. The van der Waals surface area contributed by atoms with Crippen molar-refractivity contribution in [2.45, 2.75) is 0 Å². The lowest BCUT2D eigenvalue weighted by Gasteiger charge is -2.18. The first-order chi connectivity index (χ1) is 15.7. The summed E-state index contributed by atoms with van der Waals surface area (Å²) in [5.41, 5.74) is 4.37. The molecule has 0 bridgehead atoms. The molecule has 152 valence electrons. The molecule has 0 nitrogen and oxygen atoms in total. The van der Waals surface area contributed by atoms with Crippen LogP contribution in [0.4, 0.5) is 4.39 Å². The minimum Gasteiger partial charge on any atom is -0.205 e. The van der Waals surface area contributed by atoms with Crippen molar-refractivity contribution in [3.63, 3.8) is 0 Å². The molecule has 0 aliphatic rings. The maximum atomic E-state index is 13.9. The van der Waals surface area contributed by atoms with Gasteiger partial charge in [0.2, 0.25) is 0 Å². The molecule has 32 heavy (non-hydrogen) atoms. The van der Waals surface area contributed by atoms with Gasteiger partial charge in [-0.25, -0.2) is 4.39 Å². The summed E-state index contributed by atoms with van der Waals surface area (Å²) in [5.74, 6) is -0.406. The van der Waals surface area contributed by atoms with E-state index in [9.17, 15) is 4.39 Å². The highest BCUT2D eigenvalue weighted by Gasteiger charge is 2.17. The number of halogens is 2. The monoisotopic (exact) mass is 432 g/mol. The number of fused-ring (bicyclic) bond motifs is 3. The highest BCUT2D eigenvalue weighted by Crippen LogP contribution is 2.44. The lowest BCUT2D eigenvalue weighted by atomic mass is 9.85. The van der Waals surface area contributed by atoms with E-state index < -0.39 is 5.82 Å². The van der Waals surface area contributed by atoms with E-state index in [1.807, 2.05) is 6.07 Å². The highest BCUT2D eigenvalue weighted by molar-refractivity contribution is 6.31. The van der Waals surface area contributed by atoms with Crippen LogP contribution in [0.3, 0.4) is 0 Å². The summed E-state index contributed by atoms with van der Waals surface area (Å²) in [6, 6.07) is 36.9. The van der Waals surface area contributed by atoms with Crippen LogP contribution in [0.2, 0.25) is 5.02 Å². The van der Waals surface area contributed by atoms with Crippen molar-refractivity contribution in [3.05, 3.63) is 120 Å². The van der Waals surface area contributed by atoms with E-state index in [1.165, 1.54) is 28.0 Å². The average Bonchev–Trinajstić information content (AvgIpc) is 2.84. The van der Waals surface area contributed by atoms with Crippen LogP contribution in [0.15, 0.2) is 109 Å². The molecule has 0 heterocycles. The van der Waals surface area contributed by atoms with Crippen LogP contribution < -0.4 is 0 Å². The Morgan fingerprint density at radius 3 is 1.50 bits per heavy atom. The van der Waals surface area contributed by atoms with Crippen LogP contribution in [-0.2, 0) is 0 Å². The molecule has 0 radical (unpaired) electrons. The summed E-state index contributed by atoms with van der Waals surface area (Å²) in [7, 11) is 0. The number of hydrogen-bond acceptors (Lipinski definition) is 0. The molecular formula is C30H18ClF. The van der Waals surface area contributed by atoms with E-state index in [0.717, 1.165) is 32.7 Å². The van der Waals surface area contributed by atoms with Crippen molar-refractivity contribution in [3.8, 4) is 22.3 Å². The smallest absolute Gasteiger partial charge is 0.141 e. The summed E-state index contributed by atoms with van der Waals surface area (Å²) in [6.45, 7) is 0. The molecule has 0 aliphatic carbocycles. The molecule has 0 saturated carbocycles. The van der Waals surface area contributed by atoms with Gasteiger partial charge in [-0.15, -0.1) is 0 Å². The van der Waals surface area contributed by atoms with Crippen LogP contribution in [0.1, 0.15) is 0 Å². The molecule has 0 aromatic heterocycles. The van der Waals surface area contributed by atoms with E-state index in [4.69, 9.17) is 11.6 Å². The van der Waals surface area contributed by atoms with Crippen molar-refractivity contribution in [1.29, 1.82) is 0 Å². The second-order valence-electron chi connectivity index (χ2n) is 8.03. The molecule has 6 aromatic rings. The molecule has 0 unspecified atom stereocenters. The fourth-order valence-electron chi connectivity index (χ4n) is 4.75.